The average Bonchev–Trinajstić information content (AvgIpc) is 3.29. The van der Waals surface area contributed by atoms with Gasteiger partial charge < -0.3 is 19.9 Å². The average molecular weight is 456 g/mol. The lowest BCUT2D eigenvalue weighted by molar-refractivity contribution is 0.0273. The molecule has 1 saturated carbocycles. The summed E-state index contributed by atoms with van der Waals surface area (Å²) in [6.07, 6.45) is 4.03. The smallest absolute Gasteiger partial charge is 0.410 e. The topological polar surface area (TPSA) is 99.3 Å². The van der Waals surface area contributed by atoms with E-state index in [-0.39, 0.29) is 11.5 Å². The van der Waals surface area contributed by atoms with E-state index in [4.69, 9.17) is 9.72 Å². The summed E-state index contributed by atoms with van der Waals surface area (Å²) in [4.78, 5) is 25.8. The molecule has 9 nitrogen and oxygen atoms in total. The maximum atomic E-state index is 12.5. The number of amides is 1. The van der Waals surface area contributed by atoms with Crippen molar-refractivity contribution in [1.82, 2.24) is 25.1 Å². The van der Waals surface area contributed by atoms with E-state index in [2.05, 4.69) is 38.4 Å². The number of carbonyl (C=O) groups excluding carboxylic acids is 1. The van der Waals surface area contributed by atoms with E-state index in [1.54, 1.807) is 6.20 Å². The van der Waals surface area contributed by atoms with Crippen molar-refractivity contribution in [1.29, 1.82) is 0 Å². The lowest BCUT2D eigenvalue weighted by atomic mass is 9.83. The van der Waals surface area contributed by atoms with Crippen LogP contribution in [0.25, 0.3) is 0 Å². The molecule has 1 unspecified atom stereocenters. The third-order valence-electron chi connectivity index (χ3n) is 6.42. The van der Waals surface area contributed by atoms with Gasteiger partial charge in [0.1, 0.15) is 11.4 Å². The fourth-order valence-electron chi connectivity index (χ4n) is 4.66. The Balaban J connectivity index is 0.00000126. The number of likely N-dealkylation sites (tertiary alicyclic amines) is 1. The molecule has 2 aromatic rings. The maximum absolute atomic E-state index is 12.5. The normalized spacial score (nSPS) is 24.2. The lowest BCUT2D eigenvalue weighted by Gasteiger charge is -2.27. The molecular formula is C24H37N7O2. The summed E-state index contributed by atoms with van der Waals surface area (Å²) in [5.74, 6) is 3.23. The van der Waals surface area contributed by atoms with Crippen molar-refractivity contribution >= 4 is 23.7 Å². The molecule has 2 N–H and O–H groups in total. The molecule has 180 valence electrons. The van der Waals surface area contributed by atoms with Crippen LogP contribution >= 0.6 is 0 Å². The van der Waals surface area contributed by atoms with Crippen molar-refractivity contribution in [3.63, 3.8) is 0 Å². The second-order valence-corrected chi connectivity index (χ2v) is 10.4. The SMILES string of the molecule is CC.CC(C)(C)OC(=O)N1C[C@@H]2CN(c3nccc(Nc4cc(C5CC5)[nH]n4)n3)CC2(C)C1. The Hall–Kier alpha value is -2.84. The van der Waals surface area contributed by atoms with E-state index in [1.807, 2.05) is 45.6 Å². The third-order valence-corrected chi connectivity index (χ3v) is 6.42. The summed E-state index contributed by atoms with van der Waals surface area (Å²) in [5, 5.41) is 10.7. The Labute approximate surface area is 196 Å². The number of aromatic nitrogens is 4. The van der Waals surface area contributed by atoms with Gasteiger partial charge in [-0.2, -0.15) is 10.1 Å². The van der Waals surface area contributed by atoms with Crippen molar-refractivity contribution in [3.05, 3.63) is 24.0 Å². The molecule has 9 heteroatoms. The Morgan fingerprint density at radius 3 is 2.64 bits per heavy atom. The molecule has 0 aromatic carbocycles. The van der Waals surface area contributed by atoms with Gasteiger partial charge in [-0.25, -0.2) is 9.78 Å². The number of nitrogens with zero attached hydrogens (tertiary/aromatic N) is 5. The largest absolute Gasteiger partial charge is 0.444 e. The van der Waals surface area contributed by atoms with Crippen LogP contribution in [0.1, 0.15) is 66.0 Å². The highest BCUT2D eigenvalue weighted by molar-refractivity contribution is 5.69. The van der Waals surface area contributed by atoms with Gasteiger partial charge in [-0.1, -0.05) is 20.8 Å². The van der Waals surface area contributed by atoms with Gasteiger partial charge in [0.15, 0.2) is 5.82 Å². The number of hydrogen-bond acceptors (Lipinski definition) is 7. The minimum Gasteiger partial charge on any atom is -0.444 e. The predicted octanol–water partition coefficient (Wildman–Crippen LogP) is 4.54. The molecule has 33 heavy (non-hydrogen) atoms. The van der Waals surface area contributed by atoms with Gasteiger partial charge in [0, 0.05) is 61.4 Å². The second-order valence-electron chi connectivity index (χ2n) is 10.4. The first-order chi connectivity index (χ1) is 15.7. The van der Waals surface area contributed by atoms with Crippen LogP contribution in [-0.4, -0.2) is 62.9 Å². The van der Waals surface area contributed by atoms with Crippen LogP contribution in [0.5, 0.6) is 0 Å². The third kappa shape index (κ3) is 5.23. The number of hydrogen-bond donors (Lipinski definition) is 2. The molecule has 3 fully saturated rings. The molecule has 0 bridgehead atoms. The van der Waals surface area contributed by atoms with Gasteiger partial charge in [-0.05, 0) is 39.7 Å². The Morgan fingerprint density at radius 1 is 1.21 bits per heavy atom. The summed E-state index contributed by atoms with van der Waals surface area (Å²) in [5.41, 5.74) is 0.716. The number of H-pyrrole nitrogens is 1. The summed E-state index contributed by atoms with van der Waals surface area (Å²) in [6.45, 7) is 15.0. The number of nitrogens with one attached hydrogen (secondary N) is 2. The van der Waals surface area contributed by atoms with Gasteiger partial charge >= 0.3 is 6.09 Å². The van der Waals surface area contributed by atoms with Crippen molar-refractivity contribution in [3.8, 4) is 0 Å². The standard InChI is InChI=1S/C22H31N7O2.C2H6/c1-21(2,3)31-20(30)29-11-15-10-28(12-22(15,4)13-29)19-23-8-7-17(25-19)24-18-9-16(26-27-18)14-5-6-14;1-2/h7-9,14-15H,5-6,10-13H2,1-4H3,(H2,23,24,25,26,27);1-2H3/t15-,22?;/m0./s1. The number of carbonyl (C=O) groups is 1. The zero-order valence-electron chi connectivity index (χ0n) is 20.7. The fourth-order valence-corrected chi connectivity index (χ4v) is 4.66. The predicted molar refractivity (Wildman–Crippen MR) is 129 cm³/mol. The van der Waals surface area contributed by atoms with Crippen molar-refractivity contribution in [2.75, 3.05) is 36.4 Å². The molecule has 2 aromatic heterocycles. The van der Waals surface area contributed by atoms with Gasteiger partial charge in [0.25, 0.3) is 0 Å². The zero-order valence-corrected chi connectivity index (χ0v) is 20.7. The molecule has 4 heterocycles. The molecule has 2 saturated heterocycles. The molecule has 3 aliphatic rings. The minimum absolute atomic E-state index is 0.00502. The number of fused-ring (bicyclic) bond motifs is 1. The van der Waals surface area contributed by atoms with Crippen molar-refractivity contribution < 1.29 is 9.53 Å². The number of anilines is 3. The van der Waals surface area contributed by atoms with E-state index in [0.29, 0.717) is 30.9 Å². The Bertz CT molecular complexity index is 981. The van der Waals surface area contributed by atoms with Crippen LogP contribution in [0.2, 0.25) is 0 Å². The number of aromatic amines is 1. The zero-order chi connectivity index (χ0) is 23.8. The van der Waals surface area contributed by atoms with E-state index in [9.17, 15) is 4.79 Å². The first-order valence-electron chi connectivity index (χ1n) is 12.1. The monoisotopic (exact) mass is 455 g/mol. The van der Waals surface area contributed by atoms with E-state index in [0.717, 1.165) is 24.7 Å². The van der Waals surface area contributed by atoms with Gasteiger partial charge in [0.05, 0.1) is 0 Å². The molecule has 0 radical (unpaired) electrons. The summed E-state index contributed by atoms with van der Waals surface area (Å²) in [6, 6.07) is 3.92. The van der Waals surface area contributed by atoms with Crippen LogP contribution in [0.15, 0.2) is 18.3 Å². The first-order valence-corrected chi connectivity index (χ1v) is 12.1. The van der Waals surface area contributed by atoms with E-state index < -0.39 is 5.60 Å². The van der Waals surface area contributed by atoms with Crippen molar-refractivity contribution in [2.24, 2.45) is 11.3 Å². The number of rotatable bonds is 4. The quantitative estimate of drug-likeness (QED) is 0.698. The highest BCUT2D eigenvalue weighted by Gasteiger charge is 2.51. The van der Waals surface area contributed by atoms with Crippen molar-refractivity contribution in [2.45, 2.75) is 65.9 Å². The highest BCUT2D eigenvalue weighted by Crippen LogP contribution is 2.43. The van der Waals surface area contributed by atoms with Crippen LogP contribution in [-0.2, 0) is 4.74 Å². The molecule has 1 aliphatic carbocycles. The molecule has 2 atom stereocenters. The lowest BCUT2D eigenvalue weighted by Crippen LogP contribution is -2.39. The van der Waals surface area contributed by atoms with E-state index >= 15 is 0 Å². The fraction of sp³-hybridized carbons (Fsp3) is 0.667. The molecule has 5 rings (SSSR count). The van der Waals surface area contributed by atoms with Crippen LogP contribution < -0.4 is 10.2 Å². The summed E-state index contributed by atoms with van der Waals surface area (Å²) in [7, 11) is 0. The van der Waals surface area contributed by atoms with Crippen LogP contribution in [0.4, 0.5) is 22.4 Å². The molecule has 1 amide bonds. The Morgan fingerprint density at radius 2 is 1.97 bits per heavy atom. The van der Waals surface area contributed by atoms with Gasteiger partial charge in [-0.3, -0.25) is 5.10 Å². The van der Waals surface area contributed by atoms with E-state index in [1.165, 1.54) is 18.5 Å². The maximum Gasteiger partial charge on any atom is 0.410 e. The van der Waals surface area contributed by atoms with Gasteiger partial charge in [-0.15, -0.1) is 0 Å². The Kier molecular flexibility index (Phi) is 6.24. The highest BCUT2D eigenvalue weighted by atomic mass is 16.6. The van der Waals surface area contributed by atoms with Gasteiger partial charge in [0.2, 0.25) is 5.95 Å². The van der Waals surface area contributed by atoms with Crippen LogP contribution in [0, 0.1) is 11.3 Å². The molecule has 2 aliphatic heterocycles. The minimum atomic E-state index is -0.475. The summed E-state index contributed by atoms with van der Waals surface area (Å²) >= 11 is 0. The first kappa shape index (κ1) is 23.3. The molecule has 0 spiro atoms. The summed E-state index contributed by atoms with van der Waals surface area (Å²) < 4.78 is 5.57. The second kappa shape index (κ2) is 8.83. The van der Waals surface area contributed by atoms with Crippen LogP contribution in [0.3, 0.4) is 0 Å². The molecular weight excluding hydrogens is 418 g/mol. The number of ether oxygens (including phenoxy) is 1.